The van der Waals surface area contributed by atoms with E-state index >= 15 is 0 Å². The lowest BCUT2D eigenvalue weighted by Crippen LogP contribution is -2.38. The van der Waals surface area contributed by atoms with Crippen LogP contribution in [-0.2, 0) is 13.6 Å². The van der Waals surface area contributed by atoms with Gasteiger partial charge in [-0.3, -0.25) is 19.0 Å². The minimum atomic E-state index is -0.476. The first-order valence-corrected chi connectivity index (χ1v) is 7.44. The molecule has 0 amide bonds. The number of hydrogen-bond acceptors (Lipinski definition) is 3. The molecule has 2 aromatic heterocycles. The topological polar surface area (TPSA) is 72.7 Å². The van der Waals surface area contributed by atoms with Crippen LogP contribution < -0.4 is 11.2 Å². The van der Waals surface area contributed by atoms with Crippen molar-refractivity contribution in [2.24, 2.45) is 7.05 Å². The minimum Gasteiger partial charge on any atom is -0.297 e. The van der Waals surface area contributed by atoms with Crippen molar-refractivity contribution in [1.82, 2.24) is 19.3 Å². The maximum absolute atomic E-state index is 12.6. The van der Waals surface area contributed by atoms with Gasteiger partial charge in [0.05, 0.1) is 18.3 Å². The number of aryl methyl sites for hydroxylation is 1. The van der Waals surface area contributed by atoms with E-state index in [-0.39, 0.29) is 23.2 Å². The van der Waals surface area contributed by atoms with Crippen LogP contribution in [0.25, 0.3) is 0 Å². The zero-order chi connectivity index (χ0) is 15.0. The Balaban J connectivity index is 2.05. The molecular formula is C14H17ClN4O2. The van der Waals surface area contributed by atoms with Gasteiger partial charge in [0.1, 0.15) is 5.15 Å². The molecule has 1 N–H and O–H groups in total. The maximum Gasteiger partial charge on any atom is 0.329 e. The van der Waals surface area contributed by atoms with Gasteiger partial charge in [0, 0.05) is 18.8 Å². The quantitative estimate of drug-likeness (QED) is 0.876. The fraction of sp³-hybridized carbons (Fsp3) is 0.500. The fourth-order valence-corrected chi connectivity index (χ4v) is 3.32. The summed E-state index contributed by atoms with van der Waals surface area (Å²) in [4.78, 5) is 27.3. The highest BCUT2D eigenvalue weighted by molar-refractivity contribution is 6.30. The fourth-order valence-electron chi connectivity index (χ4n) is 3.01. The van der Waals surface area contributed by atoms with E-state index in [1.165, 1.54) is 4.57 Å². The summed E-state index contributed by atoms with van der Waals surface area (Å²) in [6, 6.07) is 0. The van der Waals surface area contributed by atoms with Crippen LogP contribution in [-0.4, -0.2) is 19.3 Å². The standard InChI is InChI=1S/C14H17ClN4O2/c1-18-7-9(6-16-18)8-19-13(20)11(10-4-2-3-5-10)12(15)17-14(19)21/h6-7,10H,2-5,8H2,1H3,(H,17,21). The van der Waals surface area contributed by atoms with E-state index in [9.17, 15) is 9.59 Å². The molecule has 21 heavy (non-hydrogen) atoms. The lowest BCUT2D eigenvalue weighted by molar-refractivity contribution is 0.640. The van der Waals surface area contributed by atoms with Crippen LogP contribution in [0.4, 0.5) is 0 Å². The third kappa shape index (κ3) is 2.68. The molecule has 1 saturated carbocycles. The summed E-state index contributed by atoms with van der Waals surface area (Å²) in [6.07, 6.45) is 7.54. The summed E-state index contributed by atoms with van der Waals surface area (Å²) >= 11 is 6.11. The largest absolute Gasteiger partial charge is 0.329 e. The first kappa shape index (κ1) is 14.1. The third-order valence-corrected chi connectivity index (χ3v) is 4.33. The van der Waals surface area contributed by atoms with Gasteiger partial charge in [-0.05, 0) is 18.8 Å². The Morgan fingerprint density at radius 2 is 2.10 bits per heavy atom. The molecule has 0 spiro atoms. The molecule has 2 heterocycles. The summed E-state index contributed by atoms with van der Waals surface area (Å²) < 4.78 is 2.85. The monoisotopic (exact) mass is 308 g/mol. The predicted octanol–water partition coefficient (Wildman–Crippen LogP) is 1.63. The maximum atomic E-state index is 12.6. The van der Waals surface area contributed by atoms with Gasteiger partial charge >= 0.3 is 5.69 Å². The van der Waals surface area contributed by atoms with Gasteiger partial charge < -0.3 is 0 Å². The van der Waals surface area contributed by atoms with Crippen LogP contribution in [0.15, 0.2) is 22.0 Å². The Morgan fingerprint density at radius 1 is 1.38 bits per heavy atom. The van der Waals surface area contributed by atoms with E-state index in [0.717, 1.165) is 31.2 Å². The Labute approximate surface area is 126 Å². The summed E-state index contributed by atoms with van der Waals surface area (Å²) in [5.41, 5.74) is 0.609. The van der Waals surface area contributed by atoms with Crippen molar-refractivity contribution in [3.63, 3.8) is 0 Å². The molecule has 7 heteroatoms. The Hall–Kier alpha value is -1.82. The molecule has 0 aliphatic heterocycles. The van der Waals surface area contributed by atoms with Crippen LogP contribution in [0.1, 0.15) is 42.7 Å². The van der Waals surface area contributed by atoms with Crippen molar-refractivity contribution in [1.29, 1.82) is 0 Å². The molecule has 6 nitrogen and oxygen atoms in total. The normalized spacial score (nSPS) is 15.7. The highest BCUT2D eigenvalue weighted by atomic mass is 35.5. The van der Waals surface area contributed by atoms with Crippen LogP contribution in [0.5, 0.6) is 0 Å². The van der Waals surface area contributed by atoms with Gasteiger partial charge in [-0.15, -0.1) is 0 Å². The number of aromatic nitrogens is 4. The summed E-state index contributed by atoms with van der Waals surface area (Å²) in [6.45, 7) is 0.207. The first-order chi connectivity index (χ1) is 10.1. The molecule has 0 atom stereocenters. The smallest absolute Gasteiger partial charge is 0.297 e. The molecular weight excluding hydrogens is 292 g/mol. The molecule has 0 bridgehead atoms. The highest BCUT2D eigenvalue weighted by Crippen LogP contribution is 2.34. The van der Waals surface area contributed by atoms with E-state index in [2.05, 4.69) is 10.1 Å². The number of nitrogens with zero attached hydrogens (tertiary/aromatic N) is 3. The van der Waals surface area contributed by atoms with Gasteiger partial charge in [-0.25, -0.2) is 4.79 Å². The second-order valence-electron chi connectivity index (χ2n) is 5.55. The van der Waals surface area contributed by atoms with E-state index < -0.39 is 5.69 Å². The molecule has 3 rings (SSSR count). The van der Waals surface area contributed by atoms with E-state index in [4.69, 9.17) is 11.6 Å². The third-order valence-electron chi connectivity index (χ3n) is 4.04. The van der Waals surface area contributed by atoms with Crippen LogP contribution in [0, 0.1) is 0 Å². The summed E-state index contributed by atoms with van der Waals surface area (Å²) in [5, 5.41) is 4.25. The Kier molecular flexibility index (Phi) is 3.71. The number of H-pyrrole nitrogens is 1. The van der Waals surface area contributed by atoms with Crippen molar-refractivity contribution in [2.75, 3.05) is 0 Å². The molecule has 112 valence electrons. The van der Waals surface area contributed by atoms with Crippen molar-refractivity contribution >= 4 is 11.6 Å². The average molecular weight is 309 g/mol. The lowest BCUT2D eigenvalue weighted by Gasteiger charge is -2.13. The highest BCUT2D eigenvalue weighted by Gasteiger charge is 2.25. The van der Waals surface area contributed by atoms with Crippen LogP contribution in [0.2, 0.25) is 5.15 Å². The lowest BCUT2D eigenvalue weighted by atomic mass is 10.0. The van der Waals surface area contributed by atoms with E-state index in [1.807, 2.05) is 0 Å². The molecule has 1 aliphatic carbocycles. The van der Waals surface area contributed by atoms with Gasteiger partial charge in [-0.1, -0.05) is 24.4 Å². The number of rotatable bonds is 3. The van der Waals surface area contributed by atoms with Crippen LogP contribution >= 0.6 is 11.6 Å². The van der Waals surface area contributed by atoms with Crippen molar-refractivity contribution < 1.29 is 0 Å². The number of aromatic amines is 1. The number of halogens is 1. The van der Waals surface area contributed by atoms with Crippen molar-refractivity contribution in [3.05, 3.63) is 49.5 Å². The number of nitrogens with one attached hydrogen (secondary N) is 1. The van der Waals surface area contributed by atoms with Crippen molar-refractivity contribution in [3.8, 4) is 0 Å². The molecule has 2 aromatic rings. The van der Waals surface area contributed by atoms with Gasteiger partial charge in [0.25, 0.3) is 5.56 Å². The Bertz CT molecular complexity index is 768. The van der Waals surface area contributed by atoms with Gasteiger partial charge in [0.15, 0.2) is 0 Å². The molecule has 0 saturated heterocycles. The van der Waals surface area contributed by atoms with Gasteiger partial charge in [0.2, 0.25) is 0 Å². The van der Waals surface area contributed by atoms with Crippen LogP contribution in [0.3, 0.4) is 0 Å². The molecule has 0 unspecified atom stereocenters. The zero-order valence-corrected chi connectivity index (χ0v) is 12.6. The molecule has 1 aliphatic rings. The molecule has 0 aromatic carbocycles. The minimum absolute atomic E-state index is 0.155. The molecule has 1 fully saturated rings. The van der Waals surface area contributed by atoms with Gasteiger partial charge in [-0.2, -0.15) is 5.10 Å². The van der Waals surface area contributed by atoms with E-state index in [1.54, 1.807) is 24.1 Å². The SMILES string of the molecule is Cn1cc(Cn2c(=O)[nH]c(Cl)c(C3CCCC3)c2=O)cn1. The van der Waals surface area contributed by atoms with Crippen molar-refractivity contribution in [2.45, 2.75) is 38.1 Å². The average Bonchev–Trinajstić information content (AvgIpc) is 3.06. The first-order valence-electron chi connectivity index (χ1n) is 7.06. The van der Waals surface area contributed by atoms with E-state index in [0.29, 0.717) is 5.56 Å². The summed E-state index contributed by atoms with van der Waals surface area (Å²) in [5.74, 6) is 0.155. The second-order valence-corrected chi connectivity index (χ2v) is 5.93. The summed E-state index contributed by atoms with van der Waals surface area (Å²) in [7, 11) is 1.79. The second kappa shape index (κ2) is 5.52. The zero-order valence-electron chi connectivity index (χ0n) is 11.8. The molecule has 0 radical (unpaired) electrons. The number of hydrogen-bond donors (Lipinski definition) is 1. The predicted molar refractivity (Wildman–Crippen MR) is 79.9 cm³/mol. The Morgan fingerprint density at radius 3 is 2.71 bits per heavy atom.